The van der Waals surface area contributed by atoms with Gasteiger partial charge in [-0.2, -0.15) is 0 Å². The maximum Gasteiger partial charge on any atom is 0.241 e. The van der Waals surface area contributed by atoms with Crippen molar-refractivity contribution in [2.45, 2.75) is 19.0 Å². The fourth-order valence-electron chi connectivity index (χ4n) is 3.21. The number of amides is 1. The van der Waals surface area contributed by atoms with Crippen LogP contribution in [0.4, 0.5) is 5.69 Å². The molecule has 0 aliphatic carbocycles. The molecule has 4 aromatic rings. The minimum atomic E-state index is -0.374. The summed E-state index contributed by atoms with van der Waals surface area (Å²) in [5, 5.41) is 9.33. The Hall–Kier alpha value is -3.35. The van der Waals surface area contributed by atoms with Crippen LogP contribution in [0.15, 0.2) is 90.7 Å². The number of thiazole rings is 1. The molecule has 0 saturated heterocycles. The van der Waals surface area contributed by atoms with E-state index in [1.54, 1.807) is 29.9 Å². The molecule has 6 heteroatoms. The van der Waals surface area contributed by atoms with Gasteiger partial charge < -0.3 is 5.32 Å². The van der Waals surface area contributed by atoms with Crippen molar-refractivity contribution in [1.82, 2.24) is 15.3 Å². The lowest BCUT2D eigenvalue weighted by Crippen LogP contribution is -2.41. The van der Waals surface area contributed by atoms with Gasteiger partial charge in [0.05, 0.1) is 6.04 Å². The third kappa shape index (κ3) is 5.37. The first kappa shape index (κ1) is 19.9. The molecular formula is C24H22N4OS. The first-order chi connectivity index (χ1) is 14.8. The van der Waals surface area contributed by atoms with Crippen LogP contribution in [0, 0.1) is 0 Å². The normalized spacial score (nSPS) is 11.7. The van der Waals surface area contributed by atoms with Crippen LogP contribution < -0.4 is 10.6 Å². The van der Waals surface area contributed by atoms with Gasteiger partial charge in [0.15, 0.2) is 0 Å². The lowest BCUT2D eigenvalue weighted by Gasteiger charge is -2.18. The highest BCUT2D eigenvalue weighted by Crippen LogP contribution is 2.22. The van der Waals surface area contributed by atoms with E-state index in [0.717, 1.165) is 27.4 Å². The molecule has 2 aromatic carbocycles. The molecule has 2 aromatic heterocycles. The molecule has 0 aliphatic rings. The van der Waals surface area contributed by atoms with E-state index in [9.17, 15) is 4.79 Å². The van der Waals surface area contributed by atoms with Crippen LogP contribution in [0.25, 0.3) is 11.1 Å². The molecule has 1 atom stereocenters. The van der Waals surface area contributed by atoms with Crippen molar-refractivity contribution in [3.63, 3.8) is 0 Å². The number of hydrogen-bond acceptors (Lipinski definition) is 5. The van der Waals surface area contributed by atoms with Gasteiger partial charge in [-0.15, -0.1) is 11.3 Å². The Morgan fingerprint density at radius 1 is 0.933 bits per heavy atom. The van der Waals surface area contributed by atoms with Gasteiger partial charge >= 0.3 is 0 Å². The first-order valence-electron chi connectivity index (χ1n) is 9.75. The second-order valence-corrected chi connectivity index (χ2v) is 7.83. The highest BCUT2D eigenvalue weighted by atomic mass is 32.1. The molecule has 0 bridgehead atoms. The Balaban J connectivity index is 1.49. The van der Waals surface area contributed by atoms with Crippen molar-refractivity contribution in [3.05, 3.63) is 101 Å². The number of nitrogens with zero attached hydrogens (tertiary/aromatic N) is 2. The average Bonchev–Trinajstić information content (AvgIpc) is 3.32. The van der Waals surface area contributed by atoms with Crippen LogP contribution >= 0.6 is 11.3 Å². The second kappa shape index (κ2) is 9.91. The fraction of sp³-hybridized carbons (Fsp3) is 0.125. The zero-order chi connectivity index (χ0) is 20.6. The number of hydrogen-bond donors (Lipinski definition) is 2. The molecule has 1 amide bonds. The predicted molar refractivity (Wildman–Crippen MR) is 121 cm³/mol. The molecule has 4 rings (SSSR count). The molecule has 0 saturated carbocycles. The topological polar surface area (TPSA) is 66.9 Å². The molecule has 2 heterocycles. The standard InChI is InChI=1S/C24H22N4OS/c29-24(28-21-8-4-7-20(16-21)19-9-11-25-12-10-19)22(15-18-5-2-1-3-6-18)27-17-23-26-13-14-30-23/h1-14,16,22,27H,15,17H2,(H,28,29)/t22-/m0/s1. The van der Waals surface area contributed by atoms with E-state index < -0.39 is 0 Å². The van der Waals surface area contributed by atoms with Crippen LogP contribution in [0.1, 0.15) is 10.6 Å². The van der Waals surface area contributed by atoms with Crippen molar-refractivity contribution in [2.24, 2.45) is 0 Å². The van der Waals surface area contributed by atoms with Gasteiger partial charge in [0.25, 0.3) is 0 Å². The number of rotatable bonds is 8. The molecule has 0 aliphatic heterocycles. The molecule has 0 fully saturated rings. The molecule has 0 spiro atoms. The van der Waals surface area contributed by atoms with Crippen molar-refractivity contribution in [1.29, 1.82) is 0 Å². The molecular weight excluding hydrogens is 392 g/mol. The summed E-state index contributed by atoms with van der Waals surface area (Å²) in [5.74, 6) is -0.0673. The SMILES string of the molecule is O=C(Nc1cccc(-c2ccncc2)c1)[C@H](Cc1ccccc1)NCc1nccs1. The van der Waals surface area contributed by atoms with E-state index in [2.05, 4.69) is 20.6 Å². The summed E-state index contributed by atoms with van der Waals surface area (Å²) in [7, 11) is 0. The van der Waals surface area contributed by atoms with Crippen molar-refractivity contribution < 1.29 is 4.79 Å². The summed E-state index contributed by atoms with van der Waals surface area (Å²) in [6, 6.07) is 21.4. The minimum Gasteiger partial charge on any atom is -0.325 e. The van der Waals surface area contributed by atoms with Crippen LogP contribution in [0.2, 0.25) is 0 Å². The predicted octanol–water partition coefficient (Wildman–Crippen LogP) is 4.54. The Bertz CT molecular complexity index is 1070. The van der Waals surface area contributed by atoms with Crippen LogP contribution in [0.5, 0.6) is 0 Å². The Morgan fingerprint density at radius 2 is 1.77 bits per heavy atom. The highest BCUT2D eigenvalue weighted by Gasteiger charge is 2.19. The number of anilines is 1. The van der Waals surface area contributed by atoms with Crippen molar-refractivity contribution in [3.8, 4) is 11.1 Å². The van der Waals surface area contributed by atoms with E-state index in [-0.39, 0.29) is 11.9 Å². The van der Waals surface area contributed by atoms with Crippen LogP contribution in [0.3, 0.4) is 0 Å². The van der Waals surface area contributed by atoms with E-state index in [1.807, 2.05) is 72.1 Å². The number of carbonyl (C=O) groups excluding carboxylic acids is 1. The van der Waals surface area contributed by atoms with Crippen LogP contribution in [-0.4, -0.2) is 21.9 Å². The van der Waals surface area contributed by atoms with Crippen molar-refractivity contribution >= 4 is 22.9 Å². The van der Waals surface area contributed by atoms with Gasteiger partial charge in [0.1, 0.15) is 5.01 Å². The zero-order valence-corrected chi connectivity index (χ0v) is 17.2. The number of benzene rings is 2. The molecule has 2 N–H and O–H groups in total. The molecule has 0 radical (unpaired) electrons. The quantitative estimate of drug-likeness (QED) is 0.444. The van der Waals surface area contributed by atoms with Gasteiger partial charge in [-0.25, -0.2) is 4.98 Å². The monoisotopic (exact) mass is 414 g/mol. The van der Waals surface area contributed by atoms with Gasteiger partial charge in [-0.1, -0.05) is 42.5 Å². The third-order valence-electron chi connectivity index (χ3n) is 4.73. The van der Waals surface area contributed by atoms with Gasteiger partial charge in [-0.05, 0) is 47.4 Å². The second-order valence-electron chi connectivity index (χ2n) is 6.85. The summed E-state index contributed by atoms with van der Waals surface area (Å²) in [4.78, 5) is 21.5. The van der Waals surface area contributed by atoms with Gasteiger partial charge in [0.2, 0.25) is 5.91 Å². The maximum atomic E-state index is 13.1. The van der Waals surface area contributed by atoms with E-state index in [0.29, 0.717) is 13.0 Å². The third-order valence-corrected chi connectivity index (χ3v) is 5.51. The largest absolute Gasteiger partial charge is 0.325 e. The average molecular weight is 415 g/mol. The number of pyridine rings is 1. The lowest BCUT2D eigenvalue weighted by atomic mass is 10.0. The Labute approximate surface area is 179 Å². The smallest absolute Gasteiger partial charge is 0.241 e. The number of nitrogens with one attached hydrogen (secondary N) is 2. The van der Waals surface area contributed by atoms with Gasteiger partial charge in [0, 0.05) is 36.2 Å². The highest BCUT2D eigenvalue weighted by molar-refractivity contribution is 7.09. The van der Waals surface area contributed by atoms with Crippen molar-refractivity contribution in [2.75, 3.05) is 5.32 Å². The zero-order valence-electron chi connectivity index (χ0n) is 16.4. The van der Waals surface area contributed by atoms with Crippen LogP contribution in [-0.2, 0) is 17.8 Å². The fourth-order valence-corrected chi connectivity index (χ4v) is 3.78. The lowest BCUT2D eigenvalue weighted by molar-refractivity contribution is -0.118. The van der Waals surface area contributed by atoms with E-state index in [1.165, 1.54) is 0 Å². The minimum absolute atomic E-state index is 0.0673. The van der Waals surface area contributed by atoms with E-state index >= 15 is 0 Å². The molecule has 5 nitrogen and oxygen atoms in total. The molecule has 30 heavy (non-hydrogen) atoms. The summed E-state index contributed by atoms with van der Waals surface area (Å²) in [6.07, 6.45) is 5.90. The molecule has 150 valence electrons. The number of carbonyl (C=O) groups is 1. The molecule has 0 unspecified atom stereocenters. The summed E-state index contributed by atoms with van der Waals surface area (Å²) >= 11 is 1.58. The summed E-state index contributed by atoms with van der Waals surface area (Å²) in [5.41, 5.74) is 3.97. The van der Waals surface area contributed by atoms with E-state index in [4.69, 9.17) is 0 Å². The maximum absolute atomic E-state index is 13.1. The number of aromatic nitrogens is 2. The summed E-state index contributed by atoms with van der Waals surface area (Å²) in [6.45, 7) is 0.555. The Morgan fingerprint density at radius 3 is 2.53 bits per heavy atom. The van der Waals surface area contributed by atoms with Gasteiger partial charge in [-0.3, -0.25) is 15.1 Å². The first-order valence-corrected chi connectivity index (χ1v) is 10.6. The Kier molecular flexibility index (Phi) is 6.59. The summed E-state index contributed by atoms with van der Waals surface area (Å²) < 4.78 is 0.